The molecule has 4 fully saturated rings. The first-order valence-electron chi connectivity index (χ1n) is 9.92. The minimum absolute atomic E-state index is 0.0269. The van der Waals surface area contributed by atoms with Crippen molar-refractivity contribution in [2.45, 2.75) is 79.3 Å². The van der Waals surface area contributed by atoms with Gasteiger partial charge in [-0.05, 0) is 63.7 Å². The summed E-state index contributed by atoms with van der Waals surface area (Å²) in [4.78, 5) is 12.7. The van der Waals surface area contributed by atoms with Gasteiger partial charge in [0.1, 0.15) is 0 Å². The quantitative estimate of drug-likeness (QED) is 0.417. The summed E-state index contributed by atoms with van der Waals surface area (Å²) in [5.41, 5.74) is 0. The molecule has 4 aliphatic rings. The van der Waals surface area contributed by atoms with Gasteiger partial charge in [-0.1, -0.05) is 22.6 Å². The summed E-state index contributed by atoms with van der Waals surface area (Å²) in [6.07, 6.45) is 9.69. The van der Waals surface area contributed by atoms with Crippen LogP contribution in [0.5, 0.6) is 0 Å². The van der Waals surface area contributed by atoms with Crippen LogP contribution < -0.4 is 5.32 Å². The third kappa shape index (κ3) is 5.94. The van der Waals surface area contributed by atoms with Gasteiger partial charge in [0.25, 0.3) is 0 Å². The van der Waals surface area contributed by atoms with E-state index in [2.05, 4.69) is 27.9 Å². The lowest BCUT2D eigenvalue weighted by molar-refractivity contribution is -0.132. The van der Waals surface area contributed by atoms with E-state index in [0.29, 0.717) is 22.6 Å². The van der Waals surface area contributed by atoms with Crippen LogP contribution in [0.2, 0.25) is 0 Å². The molecule has 0 aromatic heterocycles. The average Bonchev–Trinajstić information content (AvgIpc) is 2.59. The fourth-order valence-electron chi connectivity index (χ4n) is 4.39. The fraction of sp³-hybridized carbons (Fsp3) is 0.947. The maximum absolute atomic E-state index is 12.7. The smallest absolute Gasteiger partial charge is 0.225 e. The maximum atomic E-state index is 12.7. The monoisotopic (exact) mass is 483 g/mol. The largest absolute Gasteiger partial charge is 0.377 e. The molecule has 4 nitrogen and oxygen atoms in total. The number of fused-ring (bicyclic) bond motifs is 10. The van der Waals surface area contributed by atoms with Crippen LogP contribution in [0, 0.1) is 11.8 Å². The minimum Gasteiger partial charge on any atom is -0.377 e. The first kappa shape index (κ1) is 20.2. The molecular weight excluding hydrogens is 453 g/mol. The third-order valence-electron chi connectivity index (χ3n) is 5.94. The number of rotatable bonds is 0. The van der Waals surface area contributed by atoms with E-state index in [1.165, 1.54) is 12.8 Å². The van der Waals surface area contributed by atoms with Crippen LogP contribution in [-0.2, 0) is 14.3 Å². The molecule has 6 heteroatoms. The Morgan fingerprint density at radius 2 is 1.68 bits per heavy atom. The molecular formula is C19H31ClINO3. The third-order valence-corrected chi connectivity index (χ3v) is 7.64. The molecule has 144 valence electrons. The lowest BCUT2D eigenvalue weighted by Gasteiger charge is -2.35. The number of hydrogen-bond acceptors (Lipinski definition) is 3. The summed E-state index contributed by atoms with van der Waals surface area (Å²) in [7, 11) is 0. The van der Waals surface area contributed by atoms with E-state index in [4.69, 9.17) is 21.1 Å². The van der Waals surface area contributed by atoms with Gasteiger partial charge in [-0.2, -0.15) is 0 Å². The van der Waals surface area contributed by atoms with E-state index < -0.39 is 0 Å². The van der Waals surface area contributed by atoms with Gasteiger partial charge in [-0.15, -0.1) is 11.6 Å². The Bertz CT molecular complexity index is 439. The molecule has 2 bridgehead atoms. The summed E-state index contributed by atoms with van der Waals surface area (Å²) < 4.78 is 12.8. The molecule has 6 atom stereocenters. The first-order valence-corrected chi connectivity index (χ1v) is 11.6. The Morgan fingerprint density at radius 3 is 2.44 bits per heavy atom. The number of halogens is 2. The van der Waals surface area contributed by atoms with Crippen molar-refractivity contribution in [2.75, 3.05) is 19.8 Å². The van der Waals surface area contributed by atoms with Gasteiger partial charge in [0.2, 0.25) is 5.91 Å². The summed E-state index contributed by atoms with van der Waals surface area (Å²) in [5.74, 6) is 0.757. The first-order chi connectivity index (χ1) is 12.1. The van der Waals surface area contributed by atoms with Crippen molar-refractivity contribution in [1.29, 1.82) is 0 Å². The molecule has 2 saturated heterocycles. The number of ether oxygens (including phenoxy) is 2. The fourth-order valence-corrected chi connectivity index (χ4v) is 5.99. The van der Waals surface area contributed by atoms with Gasteiger partial charge < -0.3 is 14.8 Å². The molecule has 0 aromatic rings. The summed E-state index contributed by atoms with van der Waals surface area (Å²) in [5, 5.41) is 3.27. The number of alkyl halides is 2. The van der Waals surface area contributed by atoms with Gasteiger partial charge in [0.05, 0.1) is 18.1 Å². The number of carbonyl (C=O) groups excluding carboxylic acids is 1. The molecule has 25 heavy (non-hydrogen) atoms. The zero-order chi connectivity index (χ0) is 17.6. The predicted molar refractivity (Wildman–Crippen MR) is 108 cm³/mol. The molecule has 2 heterocycles. The SMILES string of the molecule is O=C1NCC[C@@H]2CCC(OCCCCOC3CCC(Cl)CC13)C(I)C2. The lowest BCUT2D eigenvalue weighted by Crippen LogP contribution is -2.44. The Morgan fingerprint density at radius 1 is 0.960 bits per heavy atom. The van der Waals surface area contributed by atoms with Crippen molar-refractivity contribution in [3.63, 3.8) is 0 Å². The van der Waals surface area contributed by atoms with Crippen molar-refractivity contribution >= 4 is 40.1 Å². The second-order valence-electron chi connectivity index (χ2n) is 7.82. The van der Waals surface area contributed by atoms with Gasteiger partial charge in [-0.25, -0.2) is 0 Å². The second-order valence-corrected chi connectivity index (χ2v) is 10.0. The molecule has 2 saturated carbocycles. The van der Waals surface area contributed by atoms with E-state index in [0.717, 1.165) is 58.1 Å². The molecule has 0 spiro atoms. The summed E-state index contributed by atoms with van der Waals surface area (Å²) >= 11 is 8.88. The van der Waals surface area contributed by atoms with E-state index >= 15 is 0 Å². The van der Waals surface area contributed by atoms with E-state index in [9.17, 15) is 4.79 Å². The molecule has 1 N–H and O–H groups in total. The van der Waals surface area contributed by atoms with Crippen molar-refractivity contribution in [3.8, 4) is 0 Å². The van der Waals surface area contributed by atoms with Crippen molar-refractivity contribution in [1.82, 2.24) is 5.32 Å². The van der Waals surface area contributed by atoms with Gasteiger partial charge in [-0.3, -0.25) is 4.79 Å². The van der Waals surface area contributed by atoms with E-state index in [1.54, 1.807) is 0 Å². The Hall–Kier alpha value is 0.410. The van der Waals surface area contributed by atoms with Gasteiger partial charge in [0.15, 0.2) is 0 Å². The van der Waals surface area contributed by atoms with E-state index in [-0.39, 0.29) is 23.3 Å². The van der Waals surface area contributed by atoms with Gasteiger partial charge in [0, 0.05) is 29.1 Å². The molecule has 5 unspecified atom stereocenters. The summed E-state index contributed by atoms with van der Waals surface area (Å²) in [6, 6.07) is 0. The van der Waals surface area contributed by atoms with Crippen LogP contribution in [0.15, 0.2) is 0 Å². The maximum Gasteiger partial charge on any atom is 0.225 e. The Labute approximate surface area is 170 Å². The number of carbonyl (C=O) groups is 1. The van der Waals surface area contributed by atoms with Gasteiger partial charge >= 0.3 is 0 Å². The van der Waals surface area contributed by atoms with Crippen LogP contribution in [0.3, 0.4) is 0 Å². The van der Waals surface area contributed by atoms with Crippen LogP contribution in [-0.4, -0.2) is 47.2 Å². The zero-order valence-corrected chi connectivity index (χ0v) is 17.8. The van der Waals surface area contributed by atoms with Crippen molar-refractivity contribution < 1.29 is 14.3 Å². The number of hydrogen-bond donors (Lipinski definition) is 1. The Balaban J connectivity index is 1.59. The van der Waals surface area contributed by atoms with E-state index in [1.807, 2.05) is 0 Å². The normalized spacial score (nSPS) is 41.8. The summed E-state index contributed by atoms with van der Waals surface area (Å²) in [6.45, 7) is 2.32. The molecule has 0 radical (unpaired) electrons. The van der Waals surface area contributed by atoms with Crippen LogP contribution in [0.1, 0.15) is 57.8 Å². The Kier molecular flexibility index (Phi) is 8.13. The molecule has 2 aliphatic carbocycles. The highest BCUT2D eigenvalue weighted by Gasteiger charge is 2.35. The minimum atomic E-state index is -0.0894. The second kappa shape index (κ2) is 10.1. The molecule has 4 rings (SSSR count). The number of amides is 1. The highest BCUT2D eigenvalue weighted by atomic mass is 127. The predicted octanol–water partition coefficient (Wildman–Crippen LogP) is 4.07. The standard InChI is InChI=1S/C19H31ClINO3/c20-14-4-6-17-15(12-14)19(23)22-8-7-13-3-5-18(16(21)11-13)25-10-2-1-9-24-17/h13-18H,1-12H2,(H,22,23)/t13-,14?,15?,16?,17?,18?/m0/s1. The van der Waals surface area contributed by atoms with Crippen molar-refractivity contribution in [2.24, 2.45) is 11.8 Å². The van der Waals surface area contributed by atoms with Crippen LogP contribution in [0.25, 0.3) is 0 Å². The molecule has 2 aliphatic heterocycles. The highest BCUT2D eigenvalue weighted by molar-refractivity contribution is 14.1. The topological polar surface area (TPSA) is 47.6 Å². The van der Waals surface area contributed by atoms with Crippen molar-refractivity contribution in [3.05, 3.63) is 0 Å². The lowest BCUT2D eigenvalue weighted by atomic mass is 9.84. The van der Waals surface area contributed by atoms with Crippen LogP contribution in [0.4, 0.5) is 0 Å². The average molecular weight is 484 g/mol. The molecule has 0 aromatic carbocycles. The molecule has 1 amide bonds. The zero-order valence-electron chi connectivity index (χ0n) is 14.9. The van der Waals surface area contributed by atoms with Crippen LogP contribution >= 0.6 is 34.2 Å². The highest BCUT2D eigenvalue weighted by Crippen LogP contribution is 2.34. The number of nitrogens with one attached hydrogen (secondary N) is 1.